The predicted octanol–water partition coefficient (Wildman–Crippen LogP) is 0.702. The summed E-state index contributed by atoms with van der Waals surface area (Å²) >= 11 is 0. The molecule has 0 saturated heterocycles. The first-order valence-corrected chi connectivity index (χ1v) is 3.39. The zero-order valence-electron chi connectivity index (χ0n) is 7.17. The van der Waals surface area contributed by atoms with E-state index in [4.69, 9.17) is 5.11 Å². The molecule has 0 fully saturated rings. The number of halogens is 3. The van der Waals surface area contributed by atoms with Gasteiger partial charge in [0.15, 0.2) is 6.61 Å². The van der Waals surface area contributed by atoms with Crippen molar-refractivity contribution in [2.45, 2.75) is 6.18 Å². The fourth-order valence-electron chi connectivity index (χ4n) is 0.521. The third kappa shape index (κ3) is 6.09. The number of rotatable bonds is 3. The highest BCUT2D eigenvalue weighted by Gasteiger charge is 2.30. The molecular weight excluding hydrogens is 207 g/mol. The Morgan fingerprint density at radius 1 is 1.43 bits per heavy atom. The van der Waals surface area contributed by atoms with E-state index in [0.717, 1.165) is 7.05 Å². The predicted molar refractivity (Wildman–Crippen MR) is 37.7 cm³/mol. The molecule has 0 spiro atoms. The molecule has 0 aliphatic carbocycles. The van der Waals surface area contributed by atoms with Crippen LogP contribution in [-0.2, 0) is 9.53 Å². The van der Waals surface area contributed by atoms with E-state index in [2.05, 4.69) is 4.74 Å². The molecule has 0 rings (SSSR count). The van der Waals surface area contributed by atoms with Gasteiger partial charge in [-0.05, 0) is 0 Å². The van der Waals surface area contributed by atoms with E-state index in [-0.39, 0.29) is 0 Å². The van der Waals surface area contributed by atoms with E-state index in [1.165, 1.54) is 0 Å². The van der Waals surface area contributed by atoms with Crippen molar-refractivity contribution in [3.63, 3.8) is 0 Å². The summed E-state index contributed by atoms with van der Waals surface area (Å²) in [6.45, 7) is -2.44. The van der Waals surface area contributed by atoms with Gasteiger partial charge in [-0.15, -0.1) is 0 Å². The molecule has 0 aromatic heterocycles. The van der Waals surface area contributed by atoms with Crippen LogP contribution in [0.2, 0.25) is 0 Å². The normalized spacial score (nSPS) is 10.9. The van der Waals surface area contributed by atoms with E-state index >= 15 is 0 Å². The number of nitrogens with zero attached hydrogens (tertiary/aromatic N) is 1. The molecule has 0 bridgehead atoms. The van der Waals surface area contributed by atoms with Crippen LogP contribution >= 0.6 is 0 Å². The van der Waals surface area contributed by atoms with Gasteiger partial charge in [0, 0.05) is 7.05 Å². The minimum atomic E-state index is -4.61. The van der Waals surface area contributed by atoms with E-state index in [1.54, 1.807) is 0 Å². The number of likely N-dealkylation sites (N-methyl/N-ethyl adjacent to an activating group) is 1. The Balaban J connectivity index is 3.91. The van der Waals surface area contributed by atoms with Gasteiger partial charge in [-0.3, -0.25) is 4.79 Å². The van der Waals surface area contributed by atoms with Crippen molar-refractivity contribution in [1.82, 2.24) is 4.90 Å². The first-order valence-electron chi connectivity index (χ1n) is 3.39. The van der Waals surface area contributed by atoms with Crippen LogP contribution in [0, 0.1) is 0 Å². The van der Waals surface area contributed by atoms with Gasteiger partial charge in [-0.2, -0.15) is 13.2 Å². The molecule has 0 aromatic rings. The van der Waals surface area contributed by atoms with Gasteiger partial charge >= 0.3 is 18.2 Å². The Morgan fingerprint density at radius 3 is 2.29 bits per heavy atom. The molecule has 14 heavy (non-hydrogen) atoms. The van der Waals surface area contributed by atoms with Crippen molar-refractivity contribution in [3.8, 4) is 0 Å². The van der Waals surface area contributed by atoms with Crippen molar-refractivity contribution in [3.05, 3.63) is 0 Å². The van der Waals surface area contributed by atoms with Crippen molar-refractivity contribution in [2.24, 2.45) is 0 Å². The summed E-state index contributed by atoms with van der Waals surface area (Å²) in [5.41, 5.74) is 0. The fourth-order valence-corrected chi connectivity index (χ4v) is 0.521. The SMILES string of the molecule is CN(CC(=O)O)C(=O)OCC(F)(F)F. The molecule has 0 aliphatic rings. The van der Waals surface area contributed by atoms with Crippen LogP contribution in [-0.4, -0.2) is 48.4 Å². The highest BCUT2D eigenvalue weighted by molar-refractivity contribution is 5.76. The van der Waals surface area contributed by atoms with Crippen LogP contribution < -0.4 is 0 Å². The lowest BCUT2D eigenvalue weighted by Gasteiger charge is -2.15. The second-order valence-corrected chi connectivity index (χ2v) is 2.42. The topological polar surface area (TPSA) is 66.8 Å². The molecule has 0 unspecified atom stereocenters. The summed E-state index contributed by atoms with van der Waals surface area (Å²) in [7, 11) is 1.02. The van der Waals surface area contributed by atoms with Gasteiger partial charge in [-0.1, -0.05) is 0 Å². The van der Waals surface area contributed by atoms with Crippen LogP contribution in [0.3, 0.4) is 0 Å². The van der Waals surface area contributed by atoms with Crippen molar-refractivity contribution in [2.75, 3.05) is 20.2 Å². The highest BCUT2D eigenvalue weighted by atomic mass is 19.4. The molecule has 0 atom stereocenters. The van der Waals surface area contributed by atoms with Gasteiger partial charge in [0.25, 0.3) is 0 Å². The molecule has 5 nitrogen and oxygen atoms in total. The molecule has 0 aliphatic heterocycles. The Labute approximate surface area is 77.1 Å². The fraction of sp³-hybridized carbons (Fsp3) is 0.667. The zero-order valence-corrected chi connectivity index (χ0v) is 7.17. The standard InChI is InChI=1S/C6H8F3NO4/c1-10(2-4(11)12)5(13)14-3-6(7,8)9/h2-3H2,1H3,(H,11,12). The molecule has 0 saturated carbocycles. The summed E-state index contributed by atoms with van der Waals surface area (Å²) < 4.78 is 38.4. The van der Waals surface area contributed by atoms with Gasteiger partial charge < -0.3 is 14.7 Å². The largest absolute Gasteiger partial charge is 0.480 e. The number of hydrogen-bond acceptors (Lipinski definition) is 3. The maximum atomic E-state index is 11.5. The lowest BCUT2D eigenvalue weighted by atomic mass is 10.6. The summed E-state index contributed by atoms with van der Waals surface area (Å²) in [5.74, 6) is -1.34. The Bertz CT molecular complexity index is 228. The average Bonchev–Trinajstić information content (AvgIpc) is 1.97. The summed E-state index contributed by atoms with van der Waals surface area (Å²) in [6, 6.07) is 0. The number of alkyl halides is 3. The number of carboxylic acid groups (broad SMARTS) is 1. The quantitative estimate of drug-likeness (QED) is 0.752. The van der Waals surface area contributed by atoms with Gasteiger partial charge in [0.2, 0.25) is 0 Å². The molecule has 0 aromatic carbocycles. The van der Waals surface area contributed by atoms with Gasteiger partial charge in [0.05, 0.1) is 0 Å². The van der Waals surface area contributed by atoms with Crippen LogP contribution in [0.4, 0.5) is 18.0 Å². The molecule has 82 valence electrons. The second-order valence-electron chi connectivity index (χ2n) is 2.42. The first kappa shape index (κ1) is 12.5. The zero-order chi connectivity index (χ0) is 11.4. The van der Waals surface area contributed by atoms with Gasteiger partial charge in [-0.25, -0.2) is 4.79 Å². The van der Waals surface area contributed by atoms with E-state index in [1.807, 2.05) is 0 Å². The van der Waals surface area contributed by atoms with E-state index in [9.17, 15) is 22.8 Å². The summed E-state index contributed by atoms with van der Waals surface area (Å²) in [6.07, 6.45) is -5.94. The monoisotopic (exact) mass is 215 g/mol. The third-order valence-corrected chi connectivity index (χ3v) is 1.04. The minimum Gasteiger partial charge on any atom is -0.480 e. The van der Waals surface area contributed by atoms with Crippen LogP contribution in [0.1, 0.15) is 0 Å². The summed E-state index contributed by atoms with van der Waals surface area (Å²) in [5, 5.41) is 8.19. The third-order valence-electron chi connectivity index (χ3n) is 1.04. The second kappa shape index (κ2) is 4.68. The number of amides is 1. The Hall–Kier alpha value is -1.47. The number of carbonyl (C=O) groups is 2. The minimum absolute atomic E-state index is 0.522. The van der Waals surface area contributed by atoms with Crippen molar-refractivity contribution in [1.29, 1.82) is 0 Å². The molecular formula is C6H8F3NO4. The highest BCUT2D eigenvalue weighted by Crippen LogP contribution is 2.14. The Morgan fingerprint density at radius 2 is 1.93 bits per heavy atom. The maximum absolute atomic E-state index is 11.5. The van der Waals surface area contributed by atoms with Crippen LogP contribution in [0.25, 0.3) is 0 Å². The van der Waals surface area contributed by atoms with Crippen LogP contribution in [0.15, 0.2) is 0 Å². The van der Waals surface area contributed by atoms with Crippen molar-refractivity contribution < 1.29 is 32.6 Å². The lowest BCUT2D eigenvalue weighted by molar-refractivity contribution is -0.162. The number of aliphatic carboxylic acids is 1. The number of carbonyl (C=O) groups excluding carboxylic acids is 1. The number of hydrogen-bond donors (Lipinski definition) is 1. The molecule has 0 radical (unpaired) electrons. The molecule has 8 heteroatoms. The number of ether oxygens (including phenoxy) is 1. The molecule has 1 N–H and O–H groups in total. The van der Waals surface area contributed by atoms with Crippen LogP contribution in [0.5, 0.6) is 0 Å². The first-order chi connectivity index (χ1) is 6.22. The summed E-state index contributed by atoms with van der Waals surface area (Å²) in [4.78, 5) is 21.2. The Kier molecular flexibility index (Phi) is 4.19. The molecule has 1 amide bonds. The number of carboxylic acids is 1. The molecule has 0 heterocycles. The smallest absolute Gasteiger partial charge is 0.422 e. The van der Waals surface area contributed by atoms with E-state index < -0.39 is 31.4 Å². The van der Waals surface area contributed by atoms with Crippen molar-refractivity contribution >= 4 is 12.1 Å². The van der Waals surface area contributed by atoms with Gasteiger partial charge in [0.1, 0.15) is 6.54 Å². The average molecular weight is 215 g/mol. The lowest BCUT2D eigenvalue weighted by Crippen LogP contribution is -2.34. The maximum Gasteiger partial charge on any atom is 0.422 e. The van der Waals surface area contributed by atoms with E-state index in [0.29, 0.717) is 4.90 Å².